The summed E-state index contributed by atoms with van der Waals surface area (Å²) in [4.78, 5) is 12.1. The van der Waals surface area contributed by atoms with Gasteiger partial charge in [0.2, 0.25) is 10.0 Å². The minimum atomic E-state index is -3.20. The SMILES string of the molecule is CCS(=O)(=O)NCc1ccc(C(=O)NCCC2CCNC2)cc1.Cl. The van der Waals surface area contributed by atoms with Gasteiger partial charge in [-0.15, -0.1) is 12.4 Å². The highest BCUT2D eigenvalue weighted by Gasteiger charge is 2.14. The lowest BCUT2D eigenvalue weighted by molar-refractivity contribution is 0.0951. The lowest BCUT2D eigenvalue weighted by Gasteiger charge is -2.10. The standard InChI is InChI=1S/C16H25N3O3S.ClH/c1-2-23(21,22)19-12-13-3-5-15(6-4-13)16(20)18-10-8-14-7-9-17-11-14;/h3-6,14,17,19H,2,7-12H2,1H3,(H,18,20);1H. The Morgan fingerprint density at radius 1 is 1.29 bits per heavy atom. The van der Waals surface area contributed by atoms with Gasteiger partial charge < -0.3 is 10.6 Å². The third kappa shape index (κ3) is 6.76. The van der Waals surface area contributed by atoms with E-state index in [4.69, 9.17) is 0 Å². The van der Waals surface area contributed by atoms with Gasteiger partial charge in [-0.3, -0.25) is 4.79 Å². The minimum Gasteiger partial charge on any atom is -0.352 e. The molecule has 3 N–H and O–H groups in total. The zero-order valence-corrected chi connectivity index (χ0v) is 15.5. The summed E-state index contributed by atoms with van der Waals surface area (Å²) >= 11 is 0. The van der Waals surface area contributed by atoms with Crippen LogP contribution in [-0.4, -0.2) is 39.7 Å². The average molecular weight is 376 g/mol. The molecule has 8 heteroatoms. The molecule has 1 aliphatic heterocycles. The van der Waals surface area contributed by atoms with E-state index in [1.165, 1.54) is 6.42 Å². The van der Waals surface area contributed by atoms with Gasteiger partial charge in [-0.05, 0) is 56.5 Å². The Bertz CT molecular complexity index is 614. The molecule has 1 atom stereocenters. The molecule has 136 valence electrons. The first kappa shape index (κ1) is 20.9. The Morgan fingerprint density at radius 3 is 2.58 bits per heavy atom. The molecule has 1 amide bonds. The summed E-state index contributed by atoms with van der Waals surface area (Å²) in [6, 6.07) is 6.99. The van der Waals surface area contributed by atoms with Crippen molar-refractivity contribution in [3.05, 3.63) is 35.4 Å². The van der Waals surface area contributed by atoms with Crippen molar-refractivity contribution in [3.63, 3.8) is 0 Å². The summed E-state index contributed by atoms with van der Waals surface area (Å²) in [5, 5.41) is 6.25. The van der Waals surface area contributed by atoms with E-state index < -0.39 is 10.0 Å². The molecule has 0 aliphatic carbocycles. The highest BCUT2D eigenvalue weighted by molar-refractivity contribution is 7.89. The maximum absolute atomic E-state index is 12.1. The molecule has 1 heterocycles. The van der Waals surface area contributed by atoms with Crippen molar-refractivity contribution in [1.82, 2.24) is 15.4 Å². The maximum atomic E-state index is 12.1. The second kappa shape index (κ2) is 9.98. The van der Waals surface area contributed by atoms with Gasteiger partial charge in [-0.25, -0.2) is 13.1 Å². The first-order valence-corrected chi connectivity index (χ1v) is 9.70. The number of hydrogen-bond donors (Lipinski definition) is 3. The first-order chi connectivity index (χ1) is 11.0. The molecule has 0 radical (unpaired) electrons. The lowest BCUT2D eigenvalue weighted by Crippen LogP contribution is -2.26. The molecule has 1 aliphatic rings. The van der Waals surface area contributed by atoms with Gasteiger partial charge in [0.15, 0.2) is 0 Å². The van der Waals surface area contributed by atoms with Crippen LogP contribution in [0.3, 0.4) is 0 Å². The zero-order chi connectivity index (χ0) is 16.7. The Hall–Kier alpha value is -1.15. The molecule has 24 heavy (non-hydrogen) atoms. The van der Waals surface area contributed by atoms with Crippen LogP contribution < -0.4 is 15.4 Å². The Labute approximate surface area is 150 Å². The van der Waals surface area contributed by atoms with Gasteiger partial charge >= 0.3 is 0 Å². The predicted octanol–water partition coefficient (Wildman–Crippen LogP) is 1.28. The predicted molar refractivity (Wildman–Crippen MR) is 97.9 cm³/mol. The molecular formula is C16H26ClN3O3S. The fourth-order valence-electron chi connectivity index (χ4n) is 2.52. The van der Waals surface area contributed by atoms with E-state index in [9.17, 15) is 13.2 Å². The fourth-order valence-corrected chi connectivity index (χ4v) is 3.11. The first-order valence-electron chi connectivity index (χ1n) is 8.05. The van der Waals surface area contributed by atoms with Crippen LogP contribution >= 0.6 is 12.4 Å². The van der Waals surface area contributed by atoms with Crippen molar-refractivity contribution < 1.29 is 13.2 Å². The molecule has 1 saturated heterocycles. The minimum absolute atomic E-state index is 0. The molecule has 0 spiro atoms. The monoisotopic (exact) mass is 375 g/mol. The Balaban J connectivity index is 0.00000288. The molecule has 0 bridgehead atoms. The number of nitrogens with one attached hydrogen (secondary N) is 3. The summed E-state index contributed by atoms with van der Waals surface area (Å²) in [5.41, 5.74) is 1.42. The molecule has 1 unspecified atom stereocenters. The average Bonchev–Trinajstić information content (AvgIpc) is 3.07. The molecule has 1 aromatic carbocycles. The molecule has 0 saturated carbocycles. The quantitative estimate of drug-likeness (QED) is 0.638. The number of benzene rings is 1. The summed E-state index contributed by atoms with van der Waals surface area (Å²) in [6.07, 6.45) is 2.17. The Morgan fingerprint density at radius 2 is 2.00 bits per heavy atom. The van der Waals surface area contributed by atoms with Crippen molar-refractivity contribution in [2.45, 2.75) is 26.3 Å². The van der Waals surface area contributed by atoms with Gasteiger partial charge in [-0.2, -0.15) is 0 Å². The number of hydrogen-bond acceptors (Lipinski definition) is 4. The van der Waals surface area contributed by atoms with E-state index >= 15 is 0 Å². The van der Waals surface area contributed by atoms with Crippen molar-refractivity contribution in [2.24, 2.45) is 5.92 Å². The van der Waals surface area contributed by atoms with Crippen molar-refractivity contribution in [1.29, 1.82) is 0 Å². The second-order valence-corrected chi connectivity index (χ2v) is 7.92. The van der Waals surface area contributed by atoms with Gasteiger partial charge in [0.1, 0.15) is 0 Å². The molecule has 1 fully saturated rings. The summed E-state index contributed by atoms with van der Waals surface area (Å²) in [7, 11) is -3.20. The van der Waals surface area contributed by atoms with E-state index in [2.05, 4.69) is 15.4 Å². The lowest BCUT2D eigenvalue weighted by atomic mass is 10.1. The molecule has 2 rings (SSSR count). The van der Waals surface area contributed by atoms with E-state index in [1.54, 1.807) is 31.2 Å². The third-order valence-corrected chi connectivity index (χ3v) is 5.44. The molecule has 6 nitrogen and oxygen atoms in total. The summed E-state index contributed by atoms with van der Waals surface area (Å²) in [5.74, 6) is 0.630. The van der Waals surface area contributed by atoms with Gasteiger partial charge in [0, 0.05) is 18.7 Å². The second-order valence-electron chi connectivity index (χ2n) is 5.82. The van der Waals surface area contributed by atoms with Crippen molar-refractivity contribution in [3.8, 4) is 0 Å². The zero-order valence-electron chi connectivity index (χ0n) is 13.9. The number of rotatable bonds is 8. The van der Waals surface area contributed by atoms with Crippen molar-refractivity contribution >= 4 is 28.3 Å². The van der Waals surface area contributed by atoms with Crippen LogP contribution in [0.4, 0.5) is 0 Å². The number of amides is 1. The van der Waals surface area contributed by atoms with Crippen LogP contribution in [0.15, 0.2) is 24.3 Å². The van der Waals surface area contributed by atoms with E-state index in [0.717, 1.165) is 25.1 Å². The number of halogens is 1. The molecular weight excluding hydrogens is 350 g/mol. The Kier molecular flexibility index (Phi) is 8.69. The highest BCUT2D eigenvalue weighted by Crippen LogP contribution is 2.11. The van der Waals surface area contributed by atoms with E-state index in [1.807, 2.05) is 0 Å². The largest absolute Gasteiger partial charge is 0.352 e. The summed E-state index contributed by atoms with van der Waals surface area (Å²) in [6.45, 7) is 4.63. The normalized spacial score (nSPS) is 17.3. The van der Waals surface area contributed by atoms with Crippen LogP contribution in [0.1, 0.15) is 35.7 Å². The van der Waals surface area contributed by atoms with Crippen LogP contribution in [0.2, 0.25) is 0 Å². The van der Waals surface area contributed by atoms with Crippen LogP contribution in [0.25, 0.3) is 0 Å². The van der Waals surface area contributed by atoms with Gasteiger partial charge in [0.05, 0.1) is 5.75 Å². The highest BCUT2D eigenvalue weighted by atomic mass is 35.5. The van der Waals surface area contributed by atoms with Gasteiger partial charge in [0.25, 0.3) is 5.91 Å². The number of carbonyl (C=O) groups excluding carboxylic acids is 1. The van der Waals surface area contributed by atoms with E-state index in [0.29, 0.717) is 18.0 Å². The maximum Gasteiger partial charge on any atom is 0.251 e. The van der Waals surface area contributed by atoms with Gasteiger partial charge in [-0.1, -0.05) is 12.1 Å². The van der Waals surface area contributed by atoms with Crippen LogP contribution in [0.5, 0.6) is 0 Å². The molecule has 0 aromatic heterocycles. The van der Waals surface area contributed by atoms with Crippen LogP contribution in [-0.2, 0) is 16.6 Å². The fraction of sp³-hybridized carbons (Fsp3) is 0.562. The van der Waals surface area contributed by atoms with Crippen LogP contribution in [0, 0.1) is 5.92 Å². The van der Waals surface area contributed by atoms with Crippen molar-refractivity contribution in [2.75, 3.05) is 25.4 Å². The topological polar surface area (TPSA) is 87.3 Å². The van der Waals surface area contributed by atoms with E-state index in [-0.39, 0.29) is 30.6 Å². The third-order valence-electron chi connectivity index (χ3n) is 4.09. The number of sulfonamides is 1. The molecule has 1 aromatic rings. The summed E-state index contributed by atoms with van der Waals surface area (Å²) < 4.78 is 25.3. The smallest absolute Gasteiger partial charge is 0.251 e. The number of carbonyl (C=O) groups is 1.